The van der Waals surface area contributed by atoms with E-state index in [0.717, 1.165) is 11.3 Å². The van der Waals surface area contributed by atoms with Gasteiger partial charge in [-0.3, -0.25) is 4.79 Å². The molecule has 0 radical (unpaired) electrons. The second kappa shape index (κ2) is 6.75. The van der Waals surface area contributed by atoms with Gasteiger partial charge in [-0.1, -0.05) is 29.8 Å². The monoisotopic (exact) mass is 329 g/mol. The van der Waals surface area contributed by atoms with Crippen molar-refractivity contribution in [3.63, 3.8) is 0 Å². The molecule has 0 aliphatic carbocycles. The van der Waals surface area contributed by atoms with Gasteiger partial charge in [-0.15, -0.1) is 0 Å². The molecule has 0 spiro atoms. The molecule has 2 aromatic rings. The second-order valence-electron chi connectivity index (χ2n) is 5.09. The van der Waals surface area contributed by atoms with Crippen LogP contribution in [-0.4, -0.2) is 26.2 Å². The highest BCUT2D eigenvalue weighted by atomic mass is 35.5. The van der Waals surface area contributed by atoms with Crippen molar-refractivity contribution in [2.24, 2.45) is 0 Å². The lowest BCUT2D eigenvalue weighted by Gasteiger charge is -2.19. The maximum absolute atomic E-state index is 12.2. The van der Waals surface area contributed by atoms with Crippen LogP contribution in [0.15, 0.2) is 48.5 Å². The van der Waals surface area contributed by atoms with E-state index in [1.807, 2.05) is 36.4 Å². The Hall–Kier alpha value is -2.46. The number of para-hydroxylation sites is 1. The maximum Gasteiger partial charge on any atom is 0.250 e. The third-order valence-electron chi connectivity index (χ3n) is 3.51. The molecule has 5 heteroatoms. The highest BCUT2D eigenvalue weighted by molar-refractivity contribution is 6.32. The van der Waals surface area contributed by atoms with Gasteiger partial charge in [0.1, 0.15) is 13.2 Å². The predicted octanol–water partition coefficient (Wildman–Crippen LogP) is 3.79. The van der Waals surface area contributed by atoms with E-state index in [2.05, 4.69) is 0 Å². The van der Waals surface area contributed by atoms with Gasteiger partial charge in [0.05, 0.1) is 5.02 Å². The van der Waals surface area contributed by atoms with E-state index < -0.39 is 0 Å². The quantitative estimate of drug-likeness (QED) is 0.804. The van der Waals surface area contributed by atoms with Gasteiger partial charge >= 0.3 is 0 Å². The number of likely N-dealkylation sites (N-methyl/N-ethyl adjacent to an activating group) is 1. The Morgan fingerprint density at radius 2 is 1.91 bits per heavy atom. The van der Waals surface area contributed by atoms with Crippen molar-refractivity contribution in [3.8, 4) is 11.5 Å². The molecular formula is C18H16ClNO3. The fraction of sp³-hybridized carbons (Fsp3) is 0.167. The van der Waals surface area contributed by atoms with Gasteiger partial charge in [-0.05, 0) is 35.9 Å². The number of hydrogen-bond donors (Lipinski definition) is 0. The highest BCUT2D eigenvalue weighted by Gasteiger charge is 2.16. The van der Waals surface area contributed by atoms with Gasteiger partial charge in [0.15, 0.2) is 11.5 Å². The summed E-state index contributed by atoms with van der Waals surface area (Å²) in [4.78, 5) is 13.8. The summed E-state index contributed by atoms with van der Waals surface area (Å²) in [6, 6.07) is 13.0. The first-order valence-electron chi connectivity index (χ1n) is 7.25. The Kier molecular flexibility index (Phi) is 4.53. The van der Waals surface area contributed by atoms with Crippen molar-refractivity contribution in [1.82, 2.24) is 0 Å². The number of anilines is 1. The normalized spacial score (nSPS) is 13.1. The van der Waals surface area contributed by atoms with E-state index in [0.29, 0.717) is 29.7 Å². The molecule has 1 aliphatic heterocycles. The molecule has 3 rings (SSSR count). The first-order chi connectivity index (χ1) is 11.1. The van der Waals surface area contributed by atoms with Crippen molar-refractivity contribution in [2.45, 2.75) is 0 Å². The number of rotatable bonds is 3. The van der Waals surface area contributed by atoms with E-state index in [9.17, 15) is 4.79 Å². The van der Waals surface area contributed by atoms with Crippen LogP contribution in [0.25, 0.3) is 6.08 Å². The van der Waals surface area contributed by atoms with Gasteiger partial charge in [0.25, 0.3) is 5.91 Å². The zero-order chi connectivity index (χ0) is 16.2. The molecule has 23 heavy (non-hydrogen) atoms. The maximum atomic E-state index is 12.2. The summed E-state index contributed by atoms with van der Waals surface area (Å²) >= 11 is 6.19. The van der Waals surface area contributed by atoms with Crippen LogP contribution in [0.1, 0.15) is 5.56 Å². The topological polar surface area (TPSA) is 38.8 Å². The lowest BCUT2D eigenvalue weighted by Crippen LogP contribution is -2.23. The molecule has 0 fully saturated rings. The largest absolute Gasteiger partial charge is 0.486 e. The van der Waals surface area contributed by atoms with Crippen LogP contribution in [0, 0.1) is 0 Å². The Morgan fingerprint density at radius 1 is 1.17 bits per heavy atom. The second-order valence-corrected chi connectivity index (χ2v) is 5.50. The van der Waals surface area contributed by atoms with E-state index in [4.69, 9.17) is 21.1 Å². The van der Waals surface area contributed by atoms with E-state index in [1.165, 1.54) is 6.08 Å². The number of hydrogen-bond acceptors (Lipinski definition) is 3. The number of carbonyl (C=O) groups is 1. The molecule has 0 bridgehead atoms. The molecule has 1 amide bonds. The Balaban J connectivity index is 1.77. The van der Waals surface area contributed by atoms with E-state index >= 15 is 0 Å². The van der Waals surface area contributed by atoms with Crippen molar-refractivity contribution in [3.05, 3.63) is 59.1 Å². The van der Waals surface area contributed by atoms with Crippen molar-refractivity contribution in [1.29, 1.82) is 0 Å². The van der Waals surface area contributed by atoms with Crippen LogP contribution in [0.4, 0.5) is 5.69 Å². The number of carbonyl (C=O) groups excluding carboxylic acids is 1. The SMILES string of the molecule is CN(C(=O)/C=C/c1cc(Cl)c2c(c1)OCCO2)c1ccccc1. The molecule has 1 aliphatic rings. The highest BCUT2D eigenvalue weighted by Crippen LogP contribution is 2.38. The number of amides is 1. The van der Waals surface area contributed by atoms with E-state index in [-0.39, 0.29) is 5.91 Å². The van der Waals surface area contributed by atoms with Gasteiger partial charge < -0.3 is 14.4 Å². The Bertz CT molecular complexity index is 743. The molecule has 0 aromatic heterocycles. The third kappa shape index (κ3) is 3.48. The lowest BCUT2D eigenvalue weighted by molar-refractivity contribution is -0.113. The lowest BCUT2D eigenvalue weighted by atomic mass is 10.1. The summed E-state index contributed by atoms with van der Waals surface area (Å²) < 4.78 is 11.0. The number of nitrogens with zero attached hydrogens (tertiary/aromatic N) is 1. The average molecular weight is 330 g/mol. The minimum atomic E-state index is -0.123. The van der Waals surface area contributed by atoms with Crippen molar-refractivity contribution >= 4 is 29.3 Å². The Labute approximate surface area is 139 Å². The summed E-state index contributed by atoms with van der Waals surface area (Å²) in [5, 5.41) is 0.478. The molecule has 1 heterocycles. The van der Waals surface area contributed by atoms with Gasteiger partial charge in [0, 0.05) is 18.8 Å². The number of fused-ring (bicyclic) bond motifs is 1. The zero-order valence-corrected chi connectivity index (χ0v) is 13.4. The van der Waals surface area contributed by atoms with Crippen molar-refractivity contribution in [2.75, 3.05) is 25.2 Å². The first-order valence-corrected chi connectivity index (χ1v) is 7.63. The number of halogens is 1. The van der Waals surface area contributed by atoms with Crippen LogP contribution in [-0.2, 0) is 4.79 Å². The smallest absolute Gasteiger partial charge is 0.250 e. The summed E-state index contributed by atoms with van der Waals surface area (Å²) in [6.07, 6.45) is 3.22. The minimum Gasteiger partial charge on any atom is -0.486 e. The molecule has 0 saturated carbocycles. The zero-order valence-electron chi connectivity index (χ0n) is 12.7. The molecule has 118 valence electrons. The van der Waals surface area contributed by atoms with E-state index in [1.54, 1.807) is 24.1 Å². The molecule has 0 saturated heterocycles. The Morgan fingerprint density at radius 3 is 2.70 bits per heavy atom. The van der Waals surface area contributed by atoms with Crippen LogP contribution in [0.2, 0.25) is 5.02 Å². The van der Waals surface area contributed by atoms with Crippen LogP contribution < -0.4 is 14.4 Å². The summed E-state index contributed by atoms with van der Waals surface area (Å²) in [7, 11) is 1.73. The van der Waals surface area contributed by atoms with Crippen molar-refractivity contribution < 1.29 is 14.3 Å². The summed E-state index contributed by atoms with van der Waals surface area (Å²) in [5.74, 6) is 1.04. The fourth-order valence-electron chi connectivity index (χ4n) is 2.29. The molecular weight excluding hydrogens is 314 g/mol. The van der Waals surface area contributed by atoms with Gasteiger partial charge in [0.2, 0.25) is 0 Å². The number of benzene rings is 2. The fourth-order valence-corrected chi connectivity index (χ4v) is 2.56. The standard InChI is InChI=1S/C18H16ClNO3/c1-20(14-5-3-2-4-6-14)17(21)8-7-13-11-15(19)18-16(12-13)22-9-10-23-18/h2-8,11-12H,9-10H2,1H3/b8-7+. The van der Waals surface area contributed by atoms with Gasteiger partial charge in [-0.2, -0.15) is 0 Å². The van der Waals surface area contributed by atoms with Crippen LogP contribution >= 0.6 is 11.6 Å². The van der Waals surface area contributed by atoms with Gasteiger partial charge in [-0.25, -0.2) is 0 Å². The molecule has 2 aromatic carbocycles. The third-order valence-corrected chi connectivity index (χ3v) is 3.79. The summed E-state index contributed by atoms with van der Waals surface area (Å²) in [5.41, 5.74) is 1.62. The number of ether oxygens (including phenoxy) is 2. The predicted molar refractivity (Wildman–Crippen MR) is 91.3 cm³/mol. The molecule has 0 N–H and O–H groups in total. The minimum absolute atomic E-state index is 0.123. The van der Waals surface area contributed by atoms with Crippen LogP contribution in [0.3, 0.4) is 0 Å². The summed E-state index contributed by atoms with van der Waals surface area (Å²) in [6.45, 7) is 0.981. The molecule has 0 unspecified atom stereocenters. The molecule has 4 nitrogen and oxygen atoms in total. The average Bonchev–Trinajstić information content (AvgIpc) is 2.60. The first kappa shape index (κ1) is 15.4. The molecule has 0 atom stereocenters. The van der Waals surface area contributed by atoms with Crippen LogP contribution in [0.5, 0.6) is 11.5 Å².